The number of primary amides is 1. The Morgan fingerprint density at radius 3 is 1.80 bits per heavy atom. The Morgan fingerprint density at radius 2 is 1.16 bits per heavy atom. The van der Waals surface area contributed by atoms with Crippen molar-refractivity contribution in [3.05, 3.63) is 150 Å². The van der Waals surface area contributed by atoms with Crippen molar-refractivity contribution in [2.24, 2.45) is 28.9 Å². The number of amides is 11. The summed E-state index contributed by atoms with van der Waals surface area (Å²) >= 11 is 0. The Bertz CT molecular complexity index is 3970. The number of aromatic hydroxyl groups is 1. The van der Waals surface area contributed by atoms with E-state index in [4.69, 9.17) is 33.8 Å². The van der Waals surface area contributed by atoms with Gasteiger partial charge in [-0.3, -0.25) is 63.6 Å². The van der Waals surface area contributed by atoms with E-state index in [2.05, 4.69) is 68.8 Å². The summed E-state index contributed by atoms with van der Waals surface area (Å²) in [6.07, 6.45) is -0.533. The van der Waals surface area contributed by atoms with Gasteiger partial charge in [0.25, 0.3) is 0 Å². The van der Waals surface area contributed by atoms with Gasteiger partial charge in [-0.15, -0.1) is 0 Å². The number of aromatic nitrogens is 1. The maximum atomic E-state index is 15.4. The van der Waals surface area contributed by atoms with E-state index in [1.54, 1.807) is 44.3 Å². The summed E-state index contributed by atoms with van der Waals surface area (Å²) in [6.45, 7) is 1.89. The number of H-pyrrole nitrogens is 1. The lowest BCUT2D eigenvalue weighted by Gasteiger charge is -2.29. The lowest BCUT2D eigenvalue weighted by atomic mass is 10.00. The molecule has 0 aliphatic carbocycles. The zero-order valence-electron chi connectivity index (χ0n) is 55.8. The van der Waals surface area contributed by atoms with Gasteiger partial charge in [0, 0.05) is 56.0 Å². The lowest BCUT2D eigenvalue weighted by molar-refractivity contribution is -0.137. The fourth-order valence-corrected chi connectivity index (χ4v) is 11.3. The molecule has 9 atom stereocenters. The number of hydrogen-bond donors (Lipinski definition) is 20. The number of aromatic amines is 1. The highest BCUT2D eigenvalue weighted by molar-refractivity contribution is 6.00. The van der Waals surface area contributed by atoms with Crippen molar-refractivity contribution >= 4 is 98.6 Å². The number of phenolic OH excluding ortho intramolecular Hbond substituents is 1. The van der Waals surface area contributed by atoms with Crippen molar-refractivity contribution in [2.45, 2.75) is 132 Å². The van der Waals surface area contributed by atoms with Crippen molar-refractivity contribution < 1.29 is 62.2 Å². The minimum absolute atomic E-state index is 0.0143. The molecule has 1 aromatic heterocycles. The van der Waals surface area contributed by atoms with E-state index < -0.39 is 157 Å². The van der Waals surface area contributed by atoms with E-state index >= 15 is 19.2 Å². The molecule has 2 heterocycles. The molecule has 5 aromatic carbocycles. The van der Waals surface area contributed by atoms with Crippen LogP contribution in [0.4, 0.5) is 4.39 Å². The van der Waals surface area contributed by atoms with E-state index in [0.29, 0.717) is 33.2 Å². The van der Waals surface area contributed by atoms with Crippen LogP contribution in [0.1, 0.15) is 74.6 Å². The first-order valence-electron chi connectivity index (χ1n) is 32.9. The molecule has 1 aliphatic heterocycles. The fourth-order valence-electron chi connectivity index (χ4n) is 11.3. The van der Waals surface area contributed by atoms with Crippen molar-refractivity contribution in [3.8, 4) is 5.75 Å². The first-order valence-corrected chi connectivity index (χ1v) is 32.9. The number of carbonyl (C=O) groups is 11. The quantitative estimate of drug-likeness (QED) is 0.0156. The number of hydrogen-bond acceptors (Lipinski definition) is 15. The molecule has 0 bridgehead atoms. The van der Waals surface area contributed by atoms with Gasteiger partial charge in [0.15, 0.2) is 11.9 Å². The van der Waals surface area contributed by atoms with E-state index in [1.807, 2.05) is 42.5 Å². The van der Waals surface area contributed by atoms with Crippen LogP contribution in [0.5, 0.6) is 5.75 Å². The Kier molecular flexibility index (Phi) is 28.3. The molecule has 0 radical (unpaired) electrons. The van der Waals surface area contributed by atoms with Gasteiger partial charge in [0.1, 0.15) is 59.9 Å². The van der Waals surface area contributed by atoms with Crippen LogP contribution in [0.25, 0.3) is 21.7 Å². The van der Waals surface area contributed by atoms with Gasteiger partial charge in [0.05, 0.1) is 19.0 Å². The third kappa shape index (κ3) is 24.4. The summed E-state index contributed by atoms with van der Waals surface area (Å²) in [5, 5.41) is 59.2. The van der Waals surface area contributed by atoms with Gasteiger partial charge in [-0.2, -0.15) is 0 Å². The predicted molar refractivity (Wildman–Crippen MR) is 373 cm³/mol. The molecule has 31 nitrogen and oxygen atoms in total. The average molecular weight is 1390 g/mol. The van der Waals surface area contributed by atoms with E-state index in [0.717, 1.165) is 22.9 Å². The van der Waals surface area contributed by atoms with E-state index in [9.17, 15) is 43.1 Å². The van der Waals surface area contributed by atoms with Gasteiger partial charge in [-0.1, -0.05) is 98.8 Å². The lowest BCUT2D eigenvalue weighted by Crippen LogP contribution is -2.63. The third-order valence-electron chi connectivity index (χ3n) is 16.5. The highest BCUT2D eigenvalue weighted by Gasteiger charge is 2.37. The molecule has 24 N–H and O–H groups in total. The molecule has 6 aromatic rings. The Morgan fingerprint density at radius 1 is 0.604 bits per heavy atom. The van der Waals surface area contributed by atoms with Gasteiger partial charge in [-0.25, -0.2) is 4.39 Å². The summed E-state index contributed by atoms with van der Waals surface area (Å²) in [7, 11) is 0. The fraction of sp³-hybridized carbons (Fsp3) is 0.377. The number of fused-ring (bicyclic) bond motifs is 2. The zero-order valence-corrected chi connectivity index (χ0v) is 55.8. The molecule has 1 saturated heterocycles. The number of carbonyl (C=O) groups excluding carboxylic acids is 11. The highest BCUT2D eigenvalue weighted by Crippen LogP contribution is 2.21. The van der Waals surface area contributed by atoms with Gasteiger partial charge < -0.3 is 96.8 Å². The van der Waals surface area contributed by atoms with Gasteiger partial charge >= 0.3 is 0 Å². The molecule has 0 spiro atoms. The topological polar surface area (TPSA) is 520 Å². The number of halogens is 1. The van der Waals surface area contributed by atoms with Crippen LogP contribution in [0.15, 0.2) is 121 Å². The maximum absolute atomic E-state index is 15.4. The minimum Gasteiger partial charge on any atom is -0.508 e. The van der Waals surface area contributed by atoms with Crippen LogP contribution in [-0.2, 0) is 78.4 Å². The van der Waals surface area contributed by atoms with Crippen LogP contribution in [-0.4, -0.2) is 168 Å². The standard InChI is InChI=1S/C69H88FN19O12/c1-37(2)27-51-63(97)82-50(14-8-26-78-69(75)76)62(96)88-55(60(94)81-36-57(72)91)33-58(92)80-35-56(67(101)86-53(31-39-18-23-45(90)24-19-39)64(98)83-49(61(95)85-51)13-7-25-77-68(73)74)89-66(100)54(32-43-34-79-48-12-6-5-11-46(43)48)87-65(99)52(30-38-16-21-44(70)22-17-38)84-59(93)47(71)29-40-15-20-41-9-3-4-10-42(41)28-40/h3-6,9-12,15-24,28,34,37,47,49-56,79,90H,7-8,13-14,25-27,29-33,35-36,71H2,1-2H3,(H2,72,91)(H,80,92)(H,81,94)(H,82,97)(H,83,98)(H,84,93)(H,85,95)(H,86,101)(H,87,99)(H,88,96)(H,89,100)(H4,73,74,77)(H4,75,76,78)/t47-,49-,50-,51-,52-,53-,54-,55-,56-/m0/s1. The summed E-state index contributed by atoms with van der Waals surface area (Å²) in [5.74, 6) is -12.9. The molecule has 101 heavy (non-hydrogen) atoms. The second-order valence-corrected chi connectivity index (χ2v) is 25.0. The molecule has 1 fully saturated rings. The summed E-state index contributed by atoms with van der Waals surface area (Å²) < 4.78 is 14.4. The predicted octanol–water partition coefficient (Wildman–Crippen LogP) is -1.66. The van der Waals surface area contributed by atoms with Crippen LogP contribution >= 0.6 is 0 Å². The van der Waals surface area contributed by atoms with Crippen LogP contribution in [0, 0.1) is 22.6 Å². The Balaban J connectivity index is 1.29. The minimum atomic E-state index is -1.94. The second kappa shape index (κ2) is 37.3. The molecule has 538 valence electrons. The summed E-state index contributed by atoms with van der Waals surface area (Å²) in [6, 6.07) is 16.5. The summed E-state index contributed by atoms with van der Waals surface area (Å²) in [5.41, 5.74) is 25.5. The zero-order chi connectivity index (χ0) is 73.3. The Labute approximate surface area is 580 Å². The smallest absolute Gasteiger partial charge is 0.245 e. The molecule has 0 saturated carbocycles. The van der Waals surface area contributed by atoms with Crippen molar-refractivity contribution in [3.63, 3.8) is 0 Å². The number of nitrogens with one attached hydrogen (secondary N) is 15. The number of rotatable bonds is 27. The van der Waals surface area contributed by atoms with E-state index in [1.165, 1.54) is 36.4 Å². The Hall–Kier alpha value is -11.7. The molecular weight excluding hydrogens is 1310 g/mol. The molecule has 0 unspecified atom stereocenters. The normalized spacial score (nSPS) is 18.9. The average Bonchev–Trinajstić information content (AvgIpc) is 1.74. The number of para-hydroxylation sites is 1. The van der Waals surface area contributed by atoms with Crippen LogP contribution < -0.4 is 86.7 Å². The number of nitrogens with two attached hydrogens (primary N) is 4. The molecule has 7 rings (SSSR count). The molecular formula is C69H88FN19O12. The van der Waals surface area contributed by atoms with Crippen molar-refractivity contribution in [1.82, 2.24) is 68.8 Å². The van der Waals surface area contributed by atoms with Crippen LogP contribution in [0.2, 0.25) is 0 Å². The largest absolute Gasteiger partial charge is 0.508 e. The SMILES string of the molecule is CC(C)C[C@@H]1NC(=O)[C@H](CCCNC(=N)N)NC(=O)[C@H](Cc2ccc(O)cc2)NC(=O)[C@@H](NC(=O)[C@H](Cc2c[nH]c3ccccc23)NC(=O)[C@H](Cc2ccc(F)cc2)NC(=O)[C@@H](N)Cc2ccc3ccccc3c2)CNC(=O)C[C@@H](C(=O)NCC(N)=O)NC(=O)[C@H](CCCNC(=N)N)NC1=O. The maximum Gasteiger partial charge on any atom is 0.245 e. The number of benzene rings is 5. The number of guanidine groups is 2. The highest BCUT2D eigenvalue weighted by atomic mass is 19.1. The van der Waals surface area contributed by atoms with E-state index in [-0.39, 0.29) is 82.5 Å². The molecule has 11 amide bonds. The third-order valence-corrected chi connectivity index (χ3v) is 16.5. The van der Waals surface area contributed by atoms with Gasteiger partial charge in [-0.05, 0) is 108 Å². The monoisotopic (exact) mass is 1390 g/mol. The first kappa shape index (κ1) is 76.7. The molecule has 1 aliphatic rings. The van der Waals surface area contributed by atoms with Crippen molar-refractivity contribution in [2.75, 3.05) is 26.2 Å². The number of phenols is 1. The first-order chi connectivity index (χ1) is 48.2. The second-order valence-electron chi connectivity index (χ2n) is 25.0. The molecule has 32 heteroatoms. The van der Waals surface area contributed by atoms with Crippen LogP contribution in [0.3, 0.4) is 0 Å². The van der Waals surface area contributed by atoms with Gasteiger partial charge in [0.2, 0.25) is 65.0 Å². The summed E-state index contributed by atoms with van der Waals surface area (Å²) in [4.78, 5) is 162. The van der Waals surface area contributed by atoms with Crippen molar-refractivity contribution in [1.29, 1.82) is 10.8 Å².